The standard InChI is InChI=1S/C15H14ClN5O3/c1-3-24-15(23)9(2)20-8-17-13-12(14(20)22)18-19-21(13)11-6-4-10(16)5-7-11/h4-9H,3H2,1-2H3/t9-/m1/s1. The molecule has 0 aliphatic carbocycles. The summed E-state index contributed by atoms with van der Waals surface area (Å²) in [5.74, 6) is -0.508. The highest BCUT2D eigenvalue weighted by Crippen LogP contribution is 2.16. The smallest absolute Gasteiger partial charge is 0.328 e. The average Bonchev–Trinajstić information content (AvgIpc) is 3.00. The first kappa shape index (κ1) is 16.1. The van der Waals surface area contributed by atoms with Gasteiger partial charge in [-0.15, -0.1) is 5.10 Å². The van der Waals surface area contributed by atoms with Gasteiger partial charge in [0.2, 0.25) is 0 Å². The van der Waals surface area contributed by atoms with E-state index in [0.717, 1.165) is 0 Å². The molecule has 0 unspecified atom stereocenters. The van der Waals surface area contributed by atoms with Gasteiger partial charge in [-0.05, 0) is 38.1 Å². The molecule has 0 aliphatic rings. The Bertz CT molecular complexity index is 948. The number of rotatable bonds is 4. The molecule has 2 heterocycles. The molecule has 9 heteroatoms. The van der Waals surface area contributed by atoms with E-state index >= 15 is 0 Å². The molecule has 0 saturated carbocycles. The third-order valence-corrected chi connectivity index (χ3v) is 3.76. The zero-order valence-corrected chi connectivity index (χ0v) is 13.8. The molecular weight excluding hydrogens is 334 g/mol. The second-order valence-electron chi connectivity index (χ2n) is 5.03. The average molecular weight is 348 g/mol. The Hall–Kier alpha value is -2.74. The zero-order chi connectivity index (χ0) is 17.3. The van der Waals surface area contributed by atoms with Crippen LogP contribution in [0.4, 0.5) is 0 Å². The summed E-state index contributed by atoms with van der Waals surface area (Å²) in [4.78, 5) is 28.6. The van der Waals surface area contributed by atoms with E-state index in [1.165, 1.54) is 15.6 Å². The number of halogens is 1. The Morgan fingerprint density at radius 3 is 2.71 bits per heavy atom. The molecule has 0 spiro atoms. The Kier molecular flexibility index (Phi) is 4.30. The first-order valence-electron chi connectivity index (χ1n) is 7.28. The summed E-state index contributed by atoms with van der Waals surface area (Å²) in [6.45, 7) is 3.50. The summed E-state index contributed by atoms with van der Waals surface area (Å²) >= 11 is 5.87. The van der Waals surface area contributed by atoms with Crippen molar-refractivity contribution in [3.05, 3.63) is 46.0 Å². The number of ether oxygens (including phenoxy) is 1. The molecule has 8 nitrogen and oxygen atoms in total. The van der Waals surface area contributed by atoms with Crippen LogP contribution in [0.25, 0.3) is 16.9 Å². The summed E-state index contributed by atoms with van der Waals surface area (Å²) in [6, 6.07) is 6.09. The summed E-state index contributed by atoms with van der Waals surface area (Å²) in [5, 5.41) is 8.45. The number of fused-ring (bicyclic) bond motifs is 1. The van der Waals surface area contributed by atoms with Crippen LogP contribution in [0.2, 0.25) is 5.02 Å². The molecule has 1 aromatic carbocycles. The van der Waals surface area contributed by atoms with Gasteiger partial charge >= 0.3 is 5.97 Å². The number of esters is 1. The van der Waals surface area contributed by atoms with Crippen LogP contribution in [0.5, 0.6) is 0 Å². The molecule has 24 heavy (non-hydrogen) atoms. The normalized spacial score (nSPS) is 12.3. The molecule has 0 N–H and O–H groups in total. The van der Waals surface area contributed by atoms with Gasteiger partial charge in [-0.25, -0.2) is 9.78 Å². The quantitative estimate of drug-likeness (QED) is 0.668. The third-order valence-electron chi connectivity index (χ3n) is 3.50. The van der Waals surface area contributed by atoms with Crippen molar-refractivity contribution in [1.29, 1.82) is 0 Å². The van der Waals surface area contributed by atoms with Gasteiger partial charge < -0.3 is 4.74 Å². The number of nitrogens with zero attached hydrogens (tertiary/aromatic N) is 5. The van der Waals surface area contributed by atoms with Gasteiger partial charge in [-0.2, -0.15) is 4.68 Å². The SMILES string of the molecule is CCOC(=O)[C@@H](C)n1cnc2c(nnn2-c2ccc(Cl)cc2)c1=O. The monoisotopic (exact) mass is 347 g/mol. The second kappa shape index (κ2) is 6.40. The van der Waals surface area contributed by atoms with Crippen LogP contribution in [-0.4, -0.2) is 37.1 Å². The number of benzene rings is 1. The third kappa shape index (κ3) is 2.76. The van der Waals surface area contributed by atoms with Crippen molar-refractivity contribution in [2.45, 2.75) is 19.9 Å². The Balaban J connectivity index is 2.07. The molecule has 3 rings (SSSR count). The number of carbonyl (C=O) groups excluding carboxylic acids is 1. The molecule has 0 amide bonds. The van der Waals surface area contributed by atoms with Gasteiger partial charge in [0.1, 0.15) is 12.4 Å². The van der Waals surface area contributed by atoms with Crippen molar-refractivity contribution in [2.75, 3.05) is 6.61 Å². The van der Waals surface area contributed by atoms with Gasteiger partial charge in [0, 0.05) is 5.02 Å². The van der Waals surface area contributed by atoms with Crippen LogP contribution in [-0.2, 0) is 9.53 Å². The summed E-state index contributed by atoms with van der Waals surface area (Å²) < 4.78 is 7.55. The highest BCUT2D eigenvalue weighted by molar-refractivity contribution is 6.30. The lowest BCUT2D eigenvalue weighted by molar-refractivity contribution is -0.146. The maximum absolute atomic E-state index is 12.6. The van der Waals surface area contributed by atoms with E-state index in [-0.39, 0.29) is 12.1 Å². The van der Waals surface area contributed by atoms with Crippen molar-refractivity contribution in [3.63, 3.8) is 0 Å². The van der Waals surface area contributed by atoms with E-state index in [9.17, 15) is 9.59 Å². The lowest BCUT2D eigenvalue weighted by Crippen LogP contribution is -2.29. The summed E-state index contributed by atoms with van der Waals surface area (Å²) in [5.41, 5.74) is 0.587. The molecule has 0 saturated heterocycles. The first-order valence-corrected chi connectivity index (χ1v) is 7.66. The van der Waals surface area contributed by atoms with Crippen molar-refractivity contribution in [2.24, 2.45) is 0 Å². The predicted octanol–water partition coefficient (Wildman–Crippen LogP) is 1.75. The van der Waals surface area contributed by atoms with E-state index in [1.54, 1.807) is 38.1 Å². The topological polar surface area (TPSA) is 91.9 Å². The fraction of sp³-hybridized carbons (Fsp3) is 0.267. The molecular formula is C15H14ClN5O3. The van der Waals surface area contributed by atoms with E-state index in [2.05, 4.69) is 15.3 Å². The van der Waals surface area contributed by atoms with Gasteiger partial charge in [0.25, 0.3) is 5.56 Å². The van der Waals surface area contributed by atoms with Gasteiger partial charge in [0.05, 0.1) is 12.3 Å². The summed E-state index contributed by atoms with van der Waals surface area (Å²) in [6.07, 6.45) is 1.29. The zero-order valence-electron chi connectivity index (χ0n) is 13.0. The molecule has 2 aromatic heterocycles. The number of hydrogen-bond donors (Lipinski definition) is 0. The number of hydrogen-bond acceptors (Lipinski definition) is 6. The van der Waals surface area contributed by atoms with Gasteiger partial charge in [-0.1, -0.05) is 16.8 Å². The maximum Gasteiger partial charge on any atom is 0.328 e. The van der Waals surface area contributed by atoms with Crippen LogP contribution in [0.15, 0.2) is 35.4 Å². The van der Waals surface area contributed by atoms with E-state index in [0.29, 0.717) is 16.4 Å². The molecule has 0 aliphatic heterocycles. The minimum Gasteiger partial charge on any atom is -0.464 e. The van der Waals surface area contributed by atoms with Crippen molar-refractivity contribution >= 4 is 28.7 Å². The van der Waals surface area contributed by atoms with Crippen LogP contribution in [0.3, 0.4) is 0 Å². The van der Waals surface area contributed by atoms with Crippen LogP contribution in [0, 0.1) is 0 Å². The van der Waals surface area contributed by atoms with Crippen molar-refractivity contribution < 1.29 is 9.53 Å². The summed E-state index contributed by atoms with van der Waals surface area (Å²) in [7, 11) is 0. The highest BCUT2D eigenvalue weighted by Gasteiger charge is 2.21. The number of aromatic nitrogens is 5. The minimum absolute atomic E-state index is 0.0728. The Morgan fingerprint density at radius 2 is 2.04 bits per heavy atom. The minimum atomic E-state index is -0.796. The van der Waals surface area contributed by atoms with E-state index in [1.807, 2.05) is 0 Å². The van der Waals surface area contributed by atoms with Crippen LogP contribution in [0.1, 0.15) is 19.9 Å². The molecule has 124 valence electrons. The van der Waals surface area contributed by atoms with Gasteiger partial charge in [0.15, 0.2) is 11.2 Å². The predicted molar refractivity (Wildman–Crippen MR) is 87.3 cm³/mol. The van der Waals surface area contributed by atoms with Gasteiger partial charge in [-0.3, -0.25) is 9.36 Å². The first-order chi connectivity index (χ1) is 11.5. The lowest BCUT2D eigenvalue weighted by Gasteiger charge is -2.12. The van der Waals surface area contributed by atoms with Crippen LogP contribution >= 0.6 is 11.6 Å². The lowest BCUT2D eigenvalue weighted by atomic mass is 10.3. The van der Waals surface area contributed by atoms with Crippen molar-refractivity contribution in [3.8, 4) is 5.69 Å². The second-order valence-corrected chi connectivity index (χ2v) is 5.47. The molecule has 0 bridgehead atoms. The molecule has 3 aromatic rings. The fourth-order valence-corrected chi connectivity index (χ4v) is 2.36. The maximum atomic E-state index is 12.6. The Morgan fingerprint density at radius 1 is 1.33 bits per heavy atom. The molecule has 0 fully saturated rings. The highest BCUT2D eigenvalue weighted by atomic mass is 35.5. The molecule has 0 radical (unpaired) electrons. The molecule has 1 atom stereocenters. The van der Waals surface area contributed by atoms with E-state index in [4.69, 9.17) is 16.3 Å². The fourth-order valence-electron chi connectivity index (χ4n) is 2.23. The van der Waals surface area contributed by atoms with E-state index < -0.39 is 17.6 Å². The number of carbonyl (C=O) groups is 1. The van der Waals surface area contributed by atoms with Crippen molar-refractivity contribution in [1.82, 2.24) is 24.5 Å². The Labute approximate surface area is 141 Å². The largest absolute Gasteiger partial charge is 0.464 e. The van der Waals surface area contributed by atoms with Crippen LogP contribution < -0.4 is 5.56 Å².